The molecule has 0 aliphatic rings. The molecule has 0 radical (unpaired) electrons. The van der Waals surface area contributed by atoms with Crippen molar-refractivity contribution in [3.05, 3.63) is 85.1 Å². The second kappa shape index (κ2) is 53.2. The molecule has 0 rings (SSSR count). The first-order valence-corrected chi connectivity index (χ1v) is 27.1. The molecule has 0 saturated carbocycles. The predicted octanol–water partition coefficient (Wildman–Crippen LogP) is 18.0. The largest absolute Gasteiger partial charge is 0.462 e. The van der Waals surface area contributed by atoms with Gasteiger partial charge in [-0.3, -0.25) is 14.4 Å². The van der Waals surface area contributed by atoms with E-state index in [0.29, 0.717) is 19.3 Å². The van der Waals surface area contributed by atoms with E-state index in [-0.39, 0.29) is 31.1 Å². The predicted molar refractivity (Wildman–Crippen MR) is 279 cm³/mol. The Morgan fingerprint density at radius 1 is 0.338 bits per heavy atom. The van der Waals surface area contributed by atoms with Crippen LogP contribution < -0.4 is 0 Å². The number of carbonyl (C=O) groups is 3. The molecule has 6 nitrogen and oxygen atoms in total. The first-order chi connectivity index (χ1) is 32.0. The molecule has 1 unspecified atom stereocenters. The lowest BCUT2D eigenvalue weighted by Crippen LogP contribution is -2.30. The highest BCUT2D eigenvalue weighted by molar-refractivity contribution is 5.71. The highest BCUT2D eigenvalue weighted by Gasteiger charge is 2.19. The molecule has 0 saturated heterocycles. The molecule has 65 heavy (non-hydrogen) atoms. The lowest BCUT2D eigenvalue weighted by atomic mass is 10.0. The van der Waals surface area contributed by atoms with Gasteiger partial charge in [0.25, 0.3) is 0 Å². The Balaban J connectivity index is 4.40. The Labute approximate surface area is 401 Å². The SMILES string of the molecule is CC\C=C/C=C\C=C/C=C\CCCCCCCC(=O)OC(COC(=O)CCCCCCCCCCC/C=C\C/C=C\C/C=C\CC)COC(=O)CCCCCCCCCCCCCCC. The molecule has 0 bridgehead atoms. The molecular formula is C59H100O6. The van der Waals surface area contributed by atoms with Gasteiger partial charge in [-0.1, -0.05) is 247 Å². The zero-order chi connectivity index (χ0) is 47.2. The number of allylic oxidation sites excluding steroid dienone is 14. The molecule has 0 heterocycles. The zero-order valence-electron chi connectivity index (χ0n) is 42.5. The Kier molecular flexibility index (Phi) is 50.4. The fourth-order valence-electron chi connectivity index (χ4n) is 7.47. The zero-order valence-corrected chi connectivity index (χ0v) is 42.5. The monoisotopic (exact) mass is 905 g/mol. The van der Waals surface area contributed by atoms with Crippen LogP contribution in [-0.2, 0) is 28.6 Å². The third-order valence-corrected chi connectivity index (χ3v) is 11.5. The fourth-order valence-corrected chi connectivity index (χ4v) is 7.47. The van der Waals surface area contributed by atoms with Crippen molar-refractivity contribution in [1.29, 1.82) is 0 Å². The van der Waals surface area contributed by atoms with Crippen molar-refractivity contribution in [2.75, 3.05) is 13.2 Å². The molecule has 0 N–H and O–H groups in total. The summed E-state index contributed by atoms with van der Waals surface area (Å²) in [6.07, 6.45) is 68.5. The number of esters is 3. The summed E-state index contributed by atoms with van der Waals surface area (Å²) in [6, 6.07) is 0. The molecule has 6 heteroatoms. The Morgan fingerprint density at radius 2 is 0.677 bits per heavy atom. The summed E-state index contributed by atoms with van der Waals surface area (Å²) >= 11 is 0. The summed E-state index contributed by atoms with van der Waals surface area (Å²) in [5.74, 6) is -0.912. The molecule has 0 aromatic heterocycles. The molecule has 0 spiro atoms. The first-order valence-electron chi connectivity index (χ1n) is 27.1. The molecule has 0 fully saturated rings. The van der Waals surface area contributed by atoms with Crippen molar-refractivity contribution in [2.45, 2.75) is 258 Å². The van der Waals surface area contributed by atoms with Crippen molar-refractivity contribution in [2.24, 2.45) is 0 Å². The maximum Gasteiger partial charge on any atom is 0.306 e. The van der Waals surface area contributed by atoms with Gasteiger partial charge in [0, 0.05) is 19.3 Å². The van der Waals surface area contributed by atoms with Crippen molar-refractivity contribution in [3.8, 4) is 0 Å². The highest BCUT2D eigenvalue weighted by Crippen LogP contribution is 2.15. The van der Waals surface area contributed by atoms with Gasteiger partial charge < -0.3 is 14.2 Å². The standard InChI is InChI=1S/C59H100O6/c1-4-7-10-13-16-19-22-25-27-28-29-30-32-34-37-40-43-46-49-52-58(61)64-55-56(54-63-57(60)51-48-45-42-39-36-33-24-21-18-15-12-9-6-3)65-59(62)53-50-47-44-41-38-35-31-26-23-20-17-14-11-8-5-2/h7-8,10-11,14,16-17,19-20,23,25-27,31,56H,4-6,9,12-13,15,18,21-22,24,28-30,32-55H2,1-3H3/b10-7-,11-8-,17-14-,19-16-,23-20-,27-25-,31-26-. The Bertz CT molecular complexity index is 1270. The summed E-state index contributed by atoms with van der Waals surface area (Å²) < 4.78 is 16.8. The molecule has 1 atom stereocenters. The second-order valence-electron chi connectivity index (χ2n) is 17.8. The van der Waals surface area contributed by atoms with Gasteiger partial charge in [-0.05, 0) is 70.6 Å². The van der Waals surface area contributed by atoms with E-state index in [0.717, 1.165) is 103 Å². The van der Waals surface area contributed by atoms with Crippen LogP contribution in [0.2, 0.25) is 0 Å². The normalized spacial score (nSPS) is 12.7. The van der Waals surface area contributed by atoms with E-state index in [1.165, 1.54) is 109 Å². The summed E-state index contributed by atoms with van der Waals surface area (Å²) in [5, 5.41) is 0. The number of ether oxygens (including phenoxy) is 3. The van der Waals surface area contributed by atoms with Crippen LogP contribution in [0.5, 0.6) is 0 Å². The third kappa shape index (κ3) is 51.4. The average molecular weight is 905 g/mol. The van der Waals surface area contributed by atoms with Crippen LogP contribution in [0, 0.1) is 0 Å². The van der Waals surface area contributed by atoms with Gasteiger partial charge in [-0.2, -0.15) is 0 Å². The summed E-state index contributed by atoms with van der Waals surface area (Å²) in [7, 11) is 0. The van der Waals surface area contributed by atoms with E-state index in [2.05, 4.69) is 87.6 Å². The van der Waals surface area contributed by atoms with E-state index >= 15 is 0 Å². The molecule has 0 aliphatic carbocycles. The van der Waals surface area contributed by atoms with Gasteiger partial charge in [-0.15, -0.1) is 0 Å². The second-order valence-corrected chi connectivity index (χ2v) is 17.8. The minimum absolute atomic E-state index is 0.0864. The molecular weight excluding hydrogens is 805 g/mol. The van der Waals surface area contributed by atoms with Crippen LogP contribution in [0.25, 0.3) is 0 Å². The first kappa shape index (κ1) is 61.6. The maximum atomic E-state index is 12.8. The minimum atomic E-state index is -0.790. The number of rotatable bonds is 48. The number of carbonyl (C=O) groups excluding carboxylic acids is 3. The van der Waals surface area contributed by atoms with Gasteiger partial charge in [0.1, 0.15) is 13.2 Å². The van der Waals surface area contributed by atoms with Crippen molar-refractivity contribution < 1.29 is 28.6 Å². The lowest BCUT2D eigenvalue weighted by Gasteiger charge is -2.18. The average Bonchev–Trinajstić information content (AvgIpc) is 3.30. The third-order valence-electron chi connectivity index (χ3n) is 11.5. The van der Waals surface area contributed by atoms with E-state index < -0.39 is 6.10 Å². The summed E-state index contributed by atoms with van der Waals surface area (Å²) in [6.45, 7) is 6.37. The van der Waals surface area contributed by atoms with Crippen LogP contribution in [0.3, 0.4) is 0 Å². The van der Waals surface area contributed by atoms with Gasteiger partial charge in [0.15, 0.2) is 6.10 Å². The van der Waals surface area contributed by atoms with Gasteiger partial charge in [0.2, 0.25) is 0 Å². The van der Waals surface area contributed by atoms with Gasteiger partial charge in [-0.25, -0.2) is 0 Å². The van der Waals surface area contributed by atoms with Gasteiger partial charge >= 0.3 is 17.9 Å². The van der Waals surface area contributed by atoms with Crippen molar-refractivity contribution in [3.63, 3.8) is 0 Å². The quantitative estimate of drug-likeness (QED) is 0.0199. The van der Waals surface area contributed by atoms with Gasteiger partial charge in [0.05, 0.1) is 0 Å². The summed E-state index contributed by atoms with van der Waals surface area (Å²) in [5.41, 5.74) is 0. The Hall–Kier alpha value is -3.41. The molecule has 0 aromatic rings. The van der Waals surface area contributed by atoms with Crippen LogP contribution >= 0.6 is 0 Å². The lowest BCUT2D eigenvalue weighted by molar-refractivity contribution is -0.167. The minimum Gasteiger partial charge on any atom is -0.462 e. The smallest absolute Gasteiger partial charge is 0.306 e. The van der Waals surface area contributed by atoms with Crippen molar-refractivity contribution >= 4 is 17.9 Å². The van der Waals surface area contributed by atoms with E-state index in [9.17, 15) is 14.4 Å². The maximum absolute atomic E-state index is 12.8. The van der Waals surface area contributed by atoms with Crippen LogP contribution in [0.1, 0.15) is 252 Å². The van der Waals surface area contributed by atoms with Crippen LogP contribution in [-0.4, -0.2) is 37.2 Å². The van der Waals surface area contributed by atoms with Crippen molar-refractivity contribution in [1.82, 2.24) is 0 Å². The number of hydrogen-bond donors (Lipinski definition) is 0. The topological polar surface area (TPSA) is 78.9 Å². The molecule has 372 valence electrons. The fraction of sp³-hybridized carbons (Fsp3) is 0.712. The Morgan fingerprint density at radius 3 is 1.12 bits per heavy atom. The van der Waals surface area contributed by atoms with E-state index in [1.54, 1.807) is 0 Å². The molecule has 0 amide bonds. The van der Waals surface area contributed by atoms with E-state index in [4.69, 9.17) is 14.2 Å². The number of hydrogen-bond acceptors (Lipinski definition) is 6. The van der Waals surface area contributed by atoms with Crippen LogP contribution in [0.4, 0.5) is 0 Å². The highest BCUT2D eigenvalue weighted by atomic mass is 16.6. The van der Waals surface area contributed by atoms with Crippen LogP contribution in [0.15, 0.2) is 85.1 Å². The summed E-state index contributed by atoms with van der Waals surface area (Å²) in [4.78, 5) is 38.1. The van der Waals surface area contributed by atoms with E-state index in [1.807, 2.05) is 18.2 Å². The number of unbranched alkanes of at least 4 members (excludes halogenated alkanes) is 26. The molecule has 0 aliphatic heterocycles. The molecule has 0 aromatic carbocycles.